The normalized spacial score (nSPS) is 11.0. The molecule has 22 heavy (non-hydrogen) atoms. The maximum atomic E-state index is 8.82. The van der Waals surface area contributed by atoms with Gasteiger partial charge in [0.25, 0.3) is 0 Å². The minimum atomic E-state index is -0.0223. The molecule has 3 rings (SSSR count). The average Bonchev–Trinajstić information content (AvgIpc) is 2.54. The summed E-state index contributed by atoms with van der Waals surface area (Å²) in [5, 5.41) is 10.6. The molecule has 3 N–H and O–H groups in total. The van der Waals surface area contributed by atoms with Gasteiger partial charge < -0.3 is 20.3 Å². The molecule has 0 bridgehead atoms. The van der Waals surface area contributed by atoms with Gasteiger partial charge in [0, 0.05) is 16.8 Å². The molecule has 0 fully saturated rings. The Bertz CT molecular complexity index is 818. The van der Waals surface area contributed by atoms with Crippen molar-refractivity contribution in [1.29, 1.82) is 0 Å². The molecule has 0 aliphatic heterocycles. The first-order chi connectivity index (χ1) is 10.7. The molecule has 0 unspecified atom stereocenters. The molecule has 0 aliphatic rings. The maximum Gasteiger partial charge on any atom is 0.121 e. The largest absolute Gasteiger partial charge is 0.494 e. The van der Waals surface area contributed by atoms with Crippen LogP contribution in [0, 0.1) is 0 Å². The van der Waals surface area contributed by atoms with Crippen molar-refractivity contribution in [2.75, 3.05) is 25.6 Å². The van der Waals surface area contributed by atoms with E-state index in [1.807, 2.05) is 43.3 Å². The summed E-state index contributed by atoms with van der Waals surface area (Å²) in [5.41, 5.74) is 8.55. The standard InChI is InChI=1S/C17H18N2O3/c1-2-21-11-4-6-15-14(9-11)17(18)13-5-3-12(22-8-7-20)10-16(13)19-15/h3-6,9-10,20H,2,7-8H2,1H3,(H2,18,19). The molecule has 0 amide bonds. The van der Waals surface area contributed by atoms with Crippen LogP contribution < -0.4 is 15.2 Å². The van der Waals surface area contributed by atoms with Crippen molar-refractivity contribution < 1.29 is 14.6 Å². The van der Waals surface area contributed by atoms with Crippen molar-refractivity contribution >= 4 is 27.5 Å². The number of aliphatic hydroxyl groups excluding tert-OH is 1. The second kappa shape index (κ2) is 6.07. The summed E-state index contributed by atoms with van der Waals surface area (Å²) < 4.78 is 10.9. The number of aromatic nitrogens is 1. The van der Waals surface area contributed by atoms with E-state index >= 15 is 0 Å². The van der Waals surface area contributed by atoms with E-state index in [9.17, 15) is 0 Å². The number of anilines is 1. The zero-order valence-electron chi connectivity index (χ0n) is 12.4. The van der Waals surface area contributed by atoms with Crippen molar-refractivity contribution in [2.45, 2.75) is 6.92 Å². The van der Waals surface area contributed by atoms with Crippen LogP contribution in [0.1, 0.15) is 6.92 Å². The monoisotopic (exact) mass is 298 g/mol. The molecule has 114 valence electrons. The molecule has 0 radical (unpaired) electrons. The van der Waals surface area contributed by atoms with Gasteiger partial charge in [-0.3, -0.25) is 0 Å². The van der Waals surface area contributed by atoms with Crippen LogP contribution in [0.25, 0.3) is 21.8 Å². The highest BCUT2D eigenvalue weighted by molar-refractivity contribution is 6.06. The van der Waals surface area contributed by atoms with E-state index in [1.54, 1.807) is 0 Å². The lowest BCUT2D eigenvalue weighted by atomic mass is 10.1. The topological polar surface area (TPSA) is 77.6 Å². The molecule has 0 atom stereocenters. The highest BCUT2D eigenvalue weighted by Crippen LogP contribution is 2.32. The third-order valence-corrected chi connectivity index (χ3v) is 3.43. The third kappa shape index (κ3) is 2.63. The summed E-state index contributed by atoms with van der Waals surface area (Å²) in [4.78, 5) is 4.63. The number of nitrogen functional groups attached to an aromatic ring is 1. The molecule has 3 aromatic rings. The molecule has 2 aromatic carbocycles. The van der Waals surface area contributed by atoms with Gasteiger partial charge in [0.05, 0.1) is 29.9 Å². The van der Waals surface area contributed by atoms with Crippen molar-refractivity contribution in [2.24, 2.45) is 0 Å². The van der Waals surface area contributed by atoms with E-state index < -0.39 is 0 Å². The second-order valence-corrected chi connectivity index (χ2v) is 4.89. The van der Waals surface area contributed by atoms with Gasteiger partial charge in [-0.1, -0.05) is 0 Å². The summed E-state index contributed by atoms with van der Waals surface area (Å²) in [6, 6.07) is 11.2. The summed E-state index contributed by atoms with van der Waals surface area (Å²) in [5.74, 6) is 1.45. The minimum absolute atomic E-state index is 0.0223. The lowest BCUT2D eigenvalue weighted by molar-refractivity contribution is 0.201. The first-order valence-corrected chi connectivity index (χ1v) is 7.22. The van der Waals surface area contributed by atoms with Crippen LogP contribution in [0.2, 0.25) is 0 Å². The number of fused-ring (bicyclic) bond motifs is 2. The third-order valence-electron chi connectivity index (χ3n) is 3.43. The van der Waals surface area contributed by atoms with E-state index in [2.05, 4.69) is 4.98 Å². The Balaban J connectivity index is 2.13. The predicted molar refractivity (Wildman–Crippen MR) is 87.4 cm³/mol. The van der Waals surface area contributed by atoms with Crippen molar-refractivity contribution in [1.82, 2.24) is 4.98 Å². The molecule has 0 saturated heterocycles. The van der Waals surface area contributed by atoms with Gasteiger partial charge in [0.15, 0.2) is 0 Å². The number of nitrogens with two attached hydrogens (primary N) is 1. The number of nitrogens with zero attached hydrogens (tertiary/aromatic N) is 1. The predicted octanol–water partition coefficient (Wildman–Crippen LogP) is 2.74. The van der Waals surface area contributed by atoms with Gasteiger partial charge in [-0.05, 0) is 37.3 Å². The summed E-state index contributed by atoms with van der Waals surface area (Å²) in [6.07, 6.45) is 0. The zero-order valence-corrected chi connectivity index (χ0v) is 12.4. The van der Waals surface area contributed by atoms with Crippen molar-refractivity contribution in [3.8, 4) is 11.5 Å². The molecule has 0 aliphatic carbocycles. The Morgan fingerprint density at radius 3 is 2.55 bits per heavy atom. The Morgan fingerprint density at radius 2 is 1.77 bits per heavy atom. The highest BCUT2D eigenvalue weighted by atomic mass is 16.5. The van der Waals surface area contributed by atoms with Gasteiger partial charge in [-0.2, -0.15) is 0 Å². The minimum Gasteiger partial charge on any atom is -0.494 e. The highest BCUT2D eigenvalue weighted by Gasteiger charge is 2.09. The molecule has 1 heterocycles. The Morgan fingerprint density at radius 1 is 1.00 bits per heavy atom. The first-order valence-electron chi connectivity index (χ1n) is 7.22. The Kier molecular flexibility index (Phi) is 3.98. The molecule has 5 heteroatoms. The fourth-order valence-electron chi connectivity index (χ4n) is 2.44. The van der Waals surface area contributed by atoms with Crippen LogP contribution in [0.5, 0.6) is 11.5 Å². The van der Waals surface area contributed by atoms with E-state index in [1.165, 1.54) is 0 Å². The fraction of sp³-hybridized carbons (Fsp3) is 0.235. The van der Waals surface area contributed by atoms with Gasteiger partial charge >= 0.3 is 0 Å². The van der Waals surface area contributed by atoms with Gasteiger partial charge in [-0.25, -0.2) is 4.98 Å². The number of aliphatic hydroxyl groups is 1. The lowest BCUT2D eigenvalue weighted by Crippen LogP contribution is -2.01. The second-order valence-electron chi connectivity index (χ2n) is 4.89. The number of hydrogen-bond donors (Lipinski definition) is 2. The number of benzene rings is 2. The smallest absolute Gasteiger partial charge is 0.121 e. The lowest BCUT2D eigenvalue weighted by Gasteiger charge is -2.10. The van der Waals surface area contributed by atoms with Crippen LogP contribution in [-0.4, -0.2) is 29.9 Å². The van der Waals surface area contributed by atoms with Crippen LogP contribution in [0.15, 0.2) is 36.4 Å². The summed E-state index contributed by atoms with van der Waals surface area (Å²) in [6.45, 7) is 2.79. The van der Waals surface area contributed by atoms with Crippen molar-refractivity contribution in [3.05, 3.63) is 36.4 Å². The Labute approximate surface area is 128 Å². The molecule has 5 nitrogen and oxygen atoms in total. The molecule has 0 spiro atoms. The van der Waals surface area contributed by atoms with E-state index in [0.29, 0.717) is 18.0 Å². The Hall–Kier alpha value is -2.53. The maximum absolute atomic E-state index is 8.82. The number of hydrogen-bond acceptors (Lipinski definition) is 5. The molecule has 0 saturated carbocycles. The van der Waals surface area contributed by atoms with Crippen LogP contribution >= 0.6 is 0 Å². The molecule has 1 aromatic heterocycles. The number of pyridine rings is 1. The van der Waals surface area contributed by atoms with Crippen LogP contribution in [0.3, 0.4) is 0 Å². The summed E-state index contributed by atoms with van der Waals surface area (Å²) >= 11 is 0. The number of ether oxygens (including phenoxy) is 2. The van der Waals surface area contributed by atoms with Gasteiger partial charge in [0.2, 0.25) is 0 Å². The fourth-order valence-corrected chi connectivity index (χ4v) is 2.44. The zero-order chi connectivity index (χ0) is 15.5. The quantitative estimate of drug-likeness (QED) is 0.708. The average molecular weight is 298 g/mol. The van der Waals surface area contributed by atoms with Gasteiger partial charge in [0.1, 0.15) is 18.1 Å². The van der Waals surface area contributed by atoms with Crippen LogP contribution in [-0.2, 0) is 0 Å². The number of rotatable bonds is 5. The van der Waals surface area contributed by atoms with Crippen molar-refractivity contribution in [3.63, 3.8) is 0 Å². The summed E-state index contributed by atoms with van der Waals surface area (Å²) in [7, 11) is 0. The van der Waals surface area contributed by atoms with Gasteiger partial charge in [-0.15, -0.1) is 0 Å². The molecular weight excluding hydrogens is 280 g/mol. The van der Waals surface area contributed by atoms with Crippen LogP contribution in [0.4, 0.5) is 5.69 Å². The molecular formula is C17H18N2O3. The SMILES string of the molecule is CCOc1ccc2nc3cc(OCCO)ccc3c(N)c2c1. The van der Waals surface area contributed by atoms with E-state index in [-0.39, 0.29) is 13.2 Å². The van der Waals surface area contributed by atoms with E-state index in [4.69, 9.17) is 20.3 Å². The first kappa shape index (κ1) is 14.4. The van der Waals surface area contributed by atoms with E-state index in [0.717, 1.165) is 27.6 Å².